The molecular weight excluding hydrogens is 332 g/mol. The lowest BCUT2D eigenvalue weighted by atomic mass is 10.1. The number of thioether (sulfide) groups is 1. The van der Waals surface area contributed by atoms with Crippen LogP contribution in [-0.2, 0) is 15.8 Å². The van der Waals surface area contributed by atoms with Crippen LogP contribution in [0, 0.1) is 0 Å². The van der Waals surface area contributed by atoms with Gasteiger partial charge in [-0.15, -0.1) is 0 Å². The largest absolute Gasteiger partial charge is 0.322 e. The fraction of sp³-hybridized carbons (Fsp3) is 0.188. The molecule has 0 saturated carbocycles. The van der Waals surface area contributed by atoms with Crippen LogP contribution in [0.1, 0.15) is 15.9 Å². The molecule has 0 aliphatic carbocycles. The van der Waals surface area contributed by atoms with E-state index in [0.717, 1.165) is 11.3 Å². The molecule has 7 heteroatoms. The highest BCUT2D eigenvalue weighted by Gasteiger charge is 2.11. The lowest BCUT2D eigenvalue weighted by Crippen LogP contribution is -2.18. The fourth-order valence-corrected chi connectivity index (χ4v) is 3.25. The fourth-order valence-electron chi connectivity index (χ4n) is 2.01. The van der Waals surface area contributed by atoms with Crippen molar-refractivity contribution in [1.82, 2.24) is 4.72 Å². The van der Waals surface area contributed by atoms with Gasteiger partial charge in [-0.1, -0.05) is 12.1 Å². The zero-order chi connectivity index (χ0) is 16.9. The van der Waals surface area contributed by atoms with Crippen molar-refractivity contribution >= 4 is 33.4 Å². The first-order chi connectivity index (χ1) is 11.0. The summed E-state index contributed by atoms with van der Waals surface area (Å²) in [6.45, 7) is 0. The Bertz CT molecular complexity index is 787. The Labute approximate surface area is 140 Å². The highest BCUT2D eigenvalue weighted by Crippen LogP contribution is 2.16. The van der Waals surface area contributed by atoms with Crippen molar-refractivity contribution in [2.75, 3.05) is 18.6 Å². The minimum absolute atomic E-state index is 0.153. The Kier molecular flexibility index (Phi) is 5.81. The van der Waals surface area contributed by atoms with Gasteiger partial charge in [0.15, 0.2) is 0 Å². The van der Waals surface area contributed by atoms with Gasteiger partial charge in [-0.2, -0.15) is 11.8 Å². The molecule has 0 spiro atoms. The second-order valence-electron chi connectivity index (χ2n) is 4.82. The van der Waals surface area contributed by atoms with Crippen molar-refractivity contribution in [3.8, 4) is 0 Å². The average Bonchev–Trinajstić information content (AvgIpc) is 2.56. The lowest BCUT2D eigenvalue weighted by molar-refractivity contribution is 0.102. The van der Waals surface area contributed by atoms with Crippen LogP contribution in [0.4, 0.5) is 5.69 Å². The molecule has 0 atom stereocenters. The van der Waals surface area contributed by atoms with Gasteiger partial charge in [-0.05, 0) is 55.3 Å². The number of carbonyl (C=O) groups is 1. The molecule has 0 heterocycles. The van der Waals surface area contributed by atoms with E-state index >= 15 is 0 Å². The van der Waals surface area contributed by atoms with E-state index < -0.39 is 10.0 Å². The van der Waals surface area contributed by atoms with E-state index in [1.165, 1.54) is 19.2 Å². The summed E-state index contributed by atoms with van der Waals surface area (Å²) in [6, 6.07) is 13.5. The molecule has 1 amide bonds. The van der Waals surface area contributed by atoms with Crippen molar-refractivity contribution in [3.05, 3.63) is 59.7 Å². The minimum atomic E-state index is -3.47. The number of benzene rings is 2. The number of rotatable bonds is 6. The van der Waals surface area contributed by atoms with Gasteiger partial charge in [0, 0.05) is 17.0 Å². The predicted molar refractivity (Wildman–Crippen MR) is 94.3 cm³/mol. The third-order valence-corrected chi connectivity index (χ3v) is 5.24. The summed E-state index contributed by atoms with van der Waals surface area (Å²) in [7, 11) is -2.12. The molecule has 2 aromatic carbocycles. The van der Waals surface area contributed by atoms with Gasteiger partial charge in [0.05, 0.1) is 4.90 Å². The number of carbonyl (C=O) groups excluding carboxylic acids is 1. The molecule has 0 radical (unpaired) electrons. The Morgan fingerprint density at radius 3 is 2.43 bits per heavy atom. The molecule has 122 valence electrons. The van der Waals surface area contributed by atoms with Crippen LogP contribution in [0.25, 0.3) is 0 Å². The molecule has 0 bridgehead atoms. The van der Waals surface area contributed by atoms with E-state index in [-0.39, 0.29) is 10.8 Å². The van der Waals surface area contributed by atoms with Crippen LogP contribution in [0.15, 0.2) is 53.4 Å². The number of hydrogen-bond acceptors (Lipinski definition) is 4. The van der Waals surface area contributed by atoms with Crippen LogP contribution in [0.5, 0.6) is 0 Å². The van der Waals surface area contributed by atoms with Crippen molar-refractivity contribution in [1.29, 1.82) is 0 Å². The van der Waals surface area contributed by atoms with E-state index in [1.807, 2.05) is 24.5 Å². The number of hydrogen-bond donors (Lipinski definition) is 2. The van der Waals surface area contributed by atoms with Crippen molar-refractivity contribution in [2.45, 2.75) is 10.6 Å². The third kappa shape index (κ3) is 4.57. The summed E-state index contributed by atoms with van der Waals surface area (Å²) >= 11 is 1.69. The molecule has 0 unspecified atom stereocenters. The van der Waals surface area contributed by atoms with E-state index in [9.17, 15) is 13.2 Å². The maximum atomic E-state index is 12.3. The Morgan fingerprint density at radius 2 is 1.83 bits per heavy atom. The van der Waals surface area contributed by atoms with Gasteiger partial charge in [0.25, 0.3) is 5.91 Å². The highest BCUT2D eigenvalue weighted by atomic mass is 32.2. The van der Waals surface area contributed by atoms with Crippen molar-refractivity contribution < 1.29 is 13.2 Å². The molecule has 5 nitrogen and oxygen atoms in total. The van der Waals surface area contributed by atoms with Crippen LogP contribution >= 0.6 is 11.8 Å². The first-order valence-corrected chi connectivity index (χ1v) is 9.77. The molecule has 0 aliphatic heterocycles. The number of amides is 1. The summed E-state index contributed by atoms with van der Waals surface area (Å²) in [6.07, 6.45) is 2.01. The molecule has 2 rings (SSSR count). The molecule has 0 aromatic heterocycles. The minimum Gasteiger partial charge on any atom is -0.322 e. The van der Waals surface area contributed by atoms with Crippen LogP contribution in [0.2, 0.25) is 0 Å². The molecule has 23 heavy (non-hydrogen) atoms. The van der Waals surface area contributed by atoms with Gasteiger partial charge < -0.3 is 5.32 Å². The maximum absolute atomic E-state index is 12.3. The molecule has 0 fully saturated rings. The smallest absolute Gasteiger partial charge is 0.255 e. The average molecular weight is 350 g/mol. The Balaban J connectivity index is 2.13. The molecule has 0 aliphatic rings. The van der Waals surface area contributed by atoms with Gasteiger partial charge in [-0.3, -0.25) is 4.79 Å². The normalized spacial score (nSPS) is 11.2. The first kappa shape index (κ1) is 17.5. The standard InChI is InChI=1S/C16H18N2O3S2/c1-17-23(20,21)15-8-6-14(7-9-15)18-16(19)13-5-3-4-12(10-13)11-22-2/h3-10,17H,11H2,1-2H3,(H,18,19). The molecule has 2 aromatic rings. The summed E-state index contributed by atoms with van der Waals surface area (Å²) < 4.78 is 25.6. The number of nitrogens with one attached hydrogen (secondary N) is 2. The van der Waals surface area contributed by atoms with Gasteiger partial charge in [-0.25, -0.2) is 13.1 Å². The van der Waals surface area contributed by atoms with Crippen LogP contribution in [-0.4, -0.2) is 27.6 Å². The SMILES string of the molecule is CNS(=O)(=O)c1ccc(NC(=O)c2cccc(CSC)c2)cc1. The zero-order valence-corrected chi connectivity index (χ0v) is 14.5. The van der Waals surface area contributed by atoms with E-state index in [0.29, 0.717) is 11.3 Å². The summed E-state index contributed by atoms with van der Waals surface area (Å²) in [5.41, 5.74) is 2.20. The lowest BCUT2D eigenvalue weighted by Gasteiger charge is -2.08. The second kappa shape index (κ2) is 7.63. The van der Waals surface area contributed by atoms with Crippen molar-refractivity contribution in [2.24, 2.45) is 0 Å². The first-order valence-electron chi connectivity index (χ1n) is 6.89. The van der Waals surface area contributed by atoms with E-state index in [2.05, 4.69) is 10.0 Å². The molecule has 2 N–H and O–H groups in total. The topological polar surface area (TPSA) is 75.3 Å². The van der Waals surface area contributed by atoms with E-state index in [1.54, 1.807) is 30.0 Å². The predicted octanol–water partition coefficient (Wildman–Crippen LogP) is 2.71. The number of sulfonamides is 1. The quantitative estimate of drug-likeness (QED) is 0.840. The van der Waals surface area contributed by atoms with Crippen molar-refractivity contribution in [3.63, 3.8) is 0 Å². The van der Waals surface area contributed by atoms with Gasteiger partial charge in [0.1, 0.15) is 0 Å². The Morgan fingerprint density at radius 1 is 1.13 bits per heavy atom. The molecule has 0 saturated heterocycles. The summed E-state index contributed by atoms with van der Waals surface area (Å²) in [4.78, 5) is 12.4. The third-order valence-electron chi connectivity index (χ3n) is 3.19. The zero-order valence-electron chi connectivity index (χ0n) is 12.9. The van der Waals surface area contributed by atoms with Crippen LogP contribution < -0.4 is 10.0 Å². The monoisotopic (exact) mass is 350 g/mol. The molecular formula is C16H18N2O3S2. The second-order valence-corrected chi connectivity index (χ2v) is 7.57. The van der Waals surface area contributed by atoms with E-state index in [4.69, 9.17) is 0 Å². The highest BCUT2D eigenvalue weighted by molar-refractivity contribution is 7.97. The summed E-state index contributed by atoms with van der Waals surface area (Å²) in [5.74, 6) is 0.620. The Hall–Kier alpha value is -1.83. The maximum Gasteiger partial charge on any atom is 0.255 e. The van der Waals surface area contributed by atoms with Gasteiger partial charge >= 0.3 is 0 Å². The van der Waals surface area contributed by atoms with Crippen LogP contribution in [0.3, 0.4) is 0 Å². The number of anilines is 1. The summed E-state index contributed by atoms with van der Waals surface area (Å²) in [5, 5.41) is 2.76. The van der Waals surface area contributed by atoms with Gasteiger partial charge in [0.2, 0.25) is 10.0 Å².